The van der Waals surface area contributed by atoms with Gasteiger partial charge >= 0.3 is 0 Å². The Labute approximate surface area is 162 Å². The Kier molecular flexibility index (Phi) is 6.20. The maximum absolute atomic E-state index is 13.2. The van der Waals surface area contributed by atoms with Crippen LogP contribution in [0.4, 0.5) is 4.39 Å². The van der Waals surface area contributed by atoms with Crippen molar-refractivity contribution in [2.45, 2.75) is 6.54 Å². The lowest BCUT2D eigenvalue weighted by Crippen LogP contribution is -2.27. The minimum Gasteiger partial charge on any atom is -0.383 e. The number of carbonyl (C=O) groups excluding carboxylic acids is 1. The van der Waals surface area contributed by atoms with Gasteiger partial charge in [-0.25, -0.2) is 4.39 Å². The molecule has 2 aromatic carbocycles. The first-order chi connectivity index (χ1) is 13.6. The standard InChI is InChI=1S/C22H20FN3O2/c1-28-11-10-25-22(27)17(13-24)12-18-15-26(21-5-3-2-4-20(18)21)14-16-6-8-19(23)9-7-16/h2-9,12,15H,10-11,14H2,1H3,(H,25,27)/b17-12+. The molecular weight excluding hydrogens is 357 g/mol. The minimum atomic E-state index is -0.435. The van der Waals surface area contributed by atoms with E-state index < -0.39 is 5.91 Å². The zero-order valence-corrected chi connectivity index (χ0v) is 15.5. The number of nitrogens with one attached hydrogen (secondary N) is 1. The molecule has 0 unspecified atom stereocenters. The van der Waals surface area contributed by atoms with Crippen LogP contribution in [0.25, 0.3) is 17.0 Å². The van der Waals surface area contributed by atoms with E-state index >= 15 is 0 Å². The number of carbonyl (C=O) groups is 1. The first-order valence-electron chi connectivity index (χ1n) is 8.83. The van der Waals surface area contributed by atoms with Crippen LogP contribution in [0.15, 0.2) is 60.3 Å². The van der Waals surface area contributed by atoms with E-state index in [4.69, 9.17) is 4.74 Å². The summed E-state index contributed by atoms with van der Waals surface area (Å²) in [6.07, 6.45) is 3.49. The number of fused-ring (bicyclic) bond motifs is 1. The van der Waals surface area contributed by atoms with Gasteiger partial charge in [-0.1, -0.05) is 30.3 Å². The number of nitrogens with zero attached hydrogens (tertiary/aromatic N) is 2. The molecule has 0 radical (unpaired) electrons. The number of para-hydroxylation sites is 1. The van der Waals surface area contributed by atoms with Gasteiger partial charge in [-0.3, -0.25) is 4.79 Å². The van der Waals surface area contributed by atoms with Gasteiger partial charge in [-0.2, -0.15) is 5.26 Å². The van der Waals surface area contributed by atoms with Crippen LogP contribution in [-0.2, 0) is 16.1 Å². The van der Waals surface area contributed by atoms with Crippen molar-refractivity contribution in [3.8, 4) is 6.07 Å². The summed E-state index contributed by atoms with van der Waals surface area (Å²) in [6.45, 7) is 1.26. The Hall–Kier alpha value is -3.43. The van der Waals surface area contributed by atoms with Crippen LogP contribution in [0.1, 0.15) is 11.1 Å². The van der Waals surface area contributed by atoms with Crippen LogP contribution >= 0.6 is 0 Å². The van der Waals surface area contributed by atoms with Crippen molar-refractivity contribution in [3.63, 3.8) is 0 Å². The first kappa shape index (κ1) is 19.3. The van der Waals surface area contributed by atoms with Crippen LogP contribution in [0.5, 0.6) is 0 Å². The molecule has 1 N–H and O–H groups in total. The summed E-state index contributed by atoms with van der Waals surface area (Å²) in [5, 5.41) is 13.0. The van der Waals surface area contributed by atoms with E-state index in [0.717, 1.165) is 22.0 Å². The Balaban J connectivity index is 1.94. The third-order valence-corrected chi connectivity index (χ3v) is 4.34. The van der Waals surface area contributed by atoms with Crippen LogP contribution in [0.2, 0.25) is 0 Å². The second kappa shape index (κ2) is 8.98. The fraction of sp³-hybridized carbons (Fsp3) is 0.182. The zero-order valence-electron chi connectivity index (χ0n) is 15.5. The number of hydrogen-bond donors (Lipinski definition) is 1. The minimum absolute atomic E-state index is 0.0285. The maximum Gasteiger partial charge on any atom is 0.262 e. The fourth-order valence-electron chi connectivity index (χ4n) is 2.97. The van der Waals surface area contributed by atoms with E-state index in [1.807, 2.05) is 41.1 Å². The van der Waals surface area contributed by atoms with E-state index in [0.29, 0.717) is 19.7 Å². The second-order valence-electron chi connectivity index (χ2n) is 6.27. The van der Waals surface area contributed by atoms with Crippen LogP contribution in [-0.4, -0.2) is 30.7 Å². The van der Waals surface area contributed by atoms with Crippen molar-refractivity contribution < 1.29 is 13.9 Å². The smallest absolute Gasteiger partial charge is 0.262 e. The Bertz CT molecular complexity index is 1050. The summed E-state index contributed by atoms with van der Waals surface area (Å²) < 4.78 is 20.1. The van der Waals surface area contributed by atoms with Crippen molar-refractivity contribution in [1.29, 1.82) is 5.26 Å². The van der Waals surface area contributed by atoms with Gasteiger partial charge in [-0.15, -0.1) is 0 Å². The van der Waals surface area contributed by atoms with Crippen molar-refractivity contribution in [2.24, 2.45) is 0 Å². The van der Waals surface area contributed by atoms with Gasteiger partial charge in [0.1, 0.15) is 17.5 Å². The third kappa shape index (κ3) is 4.45. The van der Waals surface area contributed by atoms with Gasteiger partial charge in [0.05, 0.1) is 6.61 Å². The summed E-state index contributed by atoms with van der Waals surface area (Å²) in [6, 6.07) is 16.1. The average molecular weight is 377 g/mol. The monoisotopic (exact) mass is 377 g/mol. The quantitative estimate of drug-likeness (QED) is 0.389. The van der Waals surface area contributed by atoms with Gasteiger partial charge in [0.2, 0.25) is 0 Å². The molecule has 1 heterocycles. The lowest BCUT2D eigenvalue weighted by Gasteiger charge is -2.05. The van der Waals surface area contributed by atoms with Crippen LogP contribution in [0, 0.1) is 17.1 Å². The summed E-state index contributed by atoms with van der Waals surface area (Å²) in [7, 11) is 1.54. The summed E-state index contributed by atoms with van der Waals surface area (Å²) in [5.74, 6) is -0.710. The molecule has 5 nitrogen and oxygen atoms in total. The summed E-state index contributed by atoms with van der Waals surface area (Å²) >= 11 is 0. The van der Waals surface area contributed by atoms with E-state index in [1.54, 1.807) is 25.3 Å². The molecule has 3 aromatic rings. The van der Waals surface area contributed by atoms with Crippen molar-refractivity contribution >= 4 is 22.9 Å². The lowest BCUT2D eigenvalue weighted by atomic mass is 10.1. The third-order valence-electron chi connectivity index (χ3n) is 4.34. The van der Waals surface area contributed by atoms with Crippen molar-refractivity contribution in [1.82, 2.24) is 9.88 Å². The molecule has 0 saturated carbocycles. The summed E-state index contributed by atoms with van der Waals surface area (Å²) in [4.78, 5) is 12.2. The topological polar surface area (TPSA) is 67.0 Å². The molecule has 6 heteroatoms. The Morgan fingerprint density at radius 1 is 1.25 bits per heavy atom. The van der Waals surface area contributed by atoms with Gasteiger partial charge in [-0.05, 0) is 29.8 Å². The van der Waals surface area contributed by atoms with Crippen LogP contribution in [0.3, 0.4) is 0 Å². The Morgan fingerprint density at radius 2 is 2.00 bits per heavy atom. The van der Waals surface area contributed by atoms with Gasteiger partial charge in [0.15, 0.2) is 0 Å². The van der Waals surface area contributed by atoms with Gasteiger partial charge in [0.25, 0.3) is 5.91 Å². The number of methoxy groups -OCH3 is 1. The molecule has 1 amide bonds. The molecular formula is C22H20FN3O2. The number of nitriles is 1. The van der Waals surface area contributed by atoms with Gasteiger partial charge < -0.3 is 14.6 Å². The largest absolute Gasteiger partial charge is 0.383 e. The van der Waals surface area contributed by atoms with Gasteiger partial charge in [0, 0.05) is 42.9 Å². The average Bonchev–Trinajstić information content (AvgIpc) is 3.05. The normalized spacial score (nSPS) is 11.4. The highest BCUT2D eigenvalue weighted by atomic mass is 19.1. The molecule has 0 aliphatic carbocycles. The molecule has 28 heavy (non-hydrogen) atoms. The predicted molar refractivity (Wildman–Crippen MR) is 106 cm³/mol. The SMILES string of the molecule is COCCNC(=O)/C(C#N)=C/c1cn(Cc2ccc(F)cc2)c2ccccc12. The number of halogens is 1. The lowest BCUT2D eigenvalue weighted by molar-refractivity contribution is -0.117. The number of rotatable bonds is 7. The van der Waals surface area contributed by atoms with Crippen LogP contribution < -0.4 is 5.32 Å². The van der Waals surface area contributed by atoms with Crippen molar-refractivity contribution in [3.05, 3.63) is 77.2 Å². The molecule has 1 aromatic heterocycles. The number of hydrogen-bond acceptors (Lipinski definition) is 3. The molecule has 0 spiro atoms. The zero-order chi connectivity index (χ0) is 19.9. The highest BCUT2D eigenvalue weighted by Crippen LogP contribution is 2.24. The molecule has 3 rings (SSSR count). The van der Waals surface area contributed by atoms with E-state index in [1.165, 1.54) is 12.1 Å². The first-order valence-corrected chi connectivity index (χ1v) is 8.83. The van der Waals surface area contributed by atoms with E-state index in [9.17, 15) is 14.4 Å². The molecule has 0 aliphatic heterocycles. The second-order valence-corrected chi connectivity index (χ2v) is 6.27. The molecule has 0 bridgehead atoms. The summed E-state index contributed by atoms with van der Waals surface area (Å²) in [5.41, 5.74) is 2.72. The molecule has 0 aliphatic rings. The number of amides is 1. The fourth-order valence-corrected chi connectivity index (χ4v) is 2.97. The Morgan fingerprint density at radius 3 is 2.71 bits per heavy atom. The van der Waals surface area contributed by atoms with E-state index in [-0.39, 0.29) is 11.4 Å². The van der Waals surface area contributed by atoms with Crippen molar-refractivity contribution in [2.75, 3.05) is 20.3 Å². The number of ether oxygens (including phenoxy) is 1. The molecule has 142 valence electrons. The molecule has 0 saturated heterocycles. The maximum atomic E-state index is 13.2. The molecule has 0 atom stereocenters. The number of aromatic nitrogens is 1. The van der Waals surface area contributed by atoms with E-state index in [2.05, 4.69) is 5.32 Å². The highest BCUT2D eigenvalue weighted by Gasteiger charge is 2.12. The number of benzene rings is 2. The molecule has 0 fully saturated rings. The predicted octanol–water partition coefficient (Wildman–Crippen LogP) is 3.50. The highest BCUT2D eigenvalue weighted by molar-refractivity contribution is 6.04.